The molecule has 1 heterocycles. The van der Waals surface area contributed by atoms with Gasteiger partial charge >= 0.3 is 5.97 Å². The molecule has 4 nitrogen and oxygen atoms in total. The molecule has 76 valence electrons. The standard InChI is InChI=1S/C9H17NO3/c1-12-9(11)2-5-10-8-3-6-13-7-4-8/h8,10H,2-7H2,1H3. The quantitative estimate of drug-likeness (QED) is 0.644. The molecule has 1 fully saturated rings. The van der Waals surface area contributed by atoms with Gasteiger partial charge in [0.05, 0.1) is 13.5 Å². The summed E-state index contributed by atoms with van der Waals surface area (Å²) in [5.74, 6) is -0.153. The van der Waals surface area contributed by atoms with E-state index in [9.17, 15) is 4.79 Å². The molecule has 0 bridgehead atoms. The number of carbonyl (C=O) groups is 1. The molecular formula is C9H17NO3. The van der Waals surface area contributed by atoms with Crippen molar-refractivity contribution >= 4 is 5.97 Å². The van der Waals surface area contributed by atoms with E-state index in [1.807, 2.05) is 0 Å². The van der Waals surface area contributed by atoms with Gasteiger partial charge in [0.25, 0.3) is 0 Å². The van der Waals surface area contributed by atoms with Gasteiger partial charge in [-0.2, -0.15) is 0 Å². The molecule has 4 heteroatoms. The van der Waals surface area contributed by atoms with Crippen molar-refractivity contribution in [3.05, 3.63) is 0 Å². The number of rotatable bonds is 4. The molecule has 1 rings (SSSR count). The average molecular weight is 187 g/mol. The fourth-order valence-corrected chi connectivity index (χ4v) is 1.38. The van der Waals surface area contributed by atoms with Crippen LogP contribution in [0.4, 0.5) is 0 Å². The van der Waals surface area contributed by atoms with Crippen molar-refractivity contribution in [2.45, 2.75) is 25.3 Å². The zero-order valence-electron chi connectivity index (χ0n) is 8.04. The Morgan fingerprint density at radius 1 is 1.54 bits per heavy atom. The van der Waals surface area contributed by atoms with Crippen molar-refractivity contribution in [2.24, 2.45) is 0 Å². The maximum Gasteiger partial charge on any atom is 0.306 e. The van der Waals surface area contributed by atoms with E-state index >= 15 is 0 Å². The molecule has 0 amide bonds. The summed E-state index contributed by atoms with van der Waals surface area (Å²) >= 11 is 0. The van der Waals surface area contributed by atoms with E-state index in [-0.39, 0.29) is 5.97 Å². The smallest absolute Gasteiger partial charge is 0.306 e. The van der Waals surface area contributed by atoms with Crippen LogP contribution in [-0.4, -0.2) is 38.9 Å². The van der Waals surface area contributed by atoms with E-state index in [0.717, 1.165) is 26.1 Å². The van der Waals surface area contributed by atoms with Crippen LogP contribution >= 0.6 is 0 Å². The van der Waals surface area contributed by atoms with Gasteiger partial charge in [-0.15, -0.1) is 0 Å². The van der Waals surface area contributed by atoms with Gasteiger partial charge in [0.1, 0.15) is 0 Å². The summed E-state index contributed by atoms with van der Waals surface area (Å²) in [6.07, 6.45) is 2.54. The Kier molecular flexibility index (Phi) is 4.78. The third kappa shape index (κ3) is 4.24. The summed E-state index contributed by atoms with van der Waals surface area (Å²) in [7, 11) is 1.41. The van der Waals surface area contributed by atoms with Gasteiger partial charge < -0.3 is 14.8 Å². The van der Waals surface area contributed by atoms with Crippen LogP contribution < -0.4 is 5.32 Å². The molecule has 0 spiro atoms. The zero-order chi connectivity index (χ0) is 9.52. The Hall–Kier alpha value is -0.610. The second-order valence-electron chi connectivity index (χ2n) is 3.17. The Balaban J connectivity index is 2.01. The Morgan fingerprint density at radius 2 is 2.23 bits per heavy atom. The summed E-state index contributed by atoms with van der Waals surface area (Å²) in [5.41, 5.74) is 0. The lowest BCUT2D eigenvalue weighted by atomic mass is 10.1. The largest absolute Gasteiger partial charge is 0.469 e. The maximum absolute atomic E-state index is 10.8. The lowest BCUT2D eigenvalue weighted by Crippen LogP contribution is -2.36. The number of hydrogen-bond acceptors (Lipinski definition) is 4. The van der Waals surface area contributed by atoms with E-state index in [0.29, 0.717) is 19.0 Å². The lowest BCUT2D eigenvalue weighted by Gasteiger charge is -2.22. The maximum atomic E-state index is 10.8. The molecule has 13 heavy (non-hydrogen) atoms. The molecule has 1 aliphatic rings. The number of esters is 1. The van der Waals surface area contributed by atoms with Crippen molar-refractivity contribution in [3.8, 4) is 0 Å². The Morgan fingerprint density at radius 3 is 2.85 bits per heavy atom. The summed E-state index contributed by atoms with van der Waals surface area (Å²) in [6, 6.07) is 0.512. The molecule has 0 aromatic heterocycles. The lowest BCUT2D eigenvalue weighted by molar-refractivity contribution is -0.140. The van der Waals surface area contributed by atoms with Crippen LogP contribution in [0.15, 0.2) is 0 Å². The third-order valence-electron chi connectivity index (χ3n) is 2.21. The van der Waals surface area contributed by atoms with Gasteiger partial charge in [-0.25, -0.2) is 0 Å². The van der Waals surface area contributed by atoms with E-state index in [1.54, 1.807) is 0 Å². The van der Waals surface area contributed by atoms with Gasteiger partial charge in [0.2, 0.25) is 0 Å². The van der Waals surface area contributed by atoms with Gasteiger partial charge in [0.15, 0.2) is 0 Å². The van der Waals surface area contributed by atoms with E-state index in [1.165, 1.54) is 7.11 Å². The van der Waals surface area contributed by atoms with E-state index in [2.05, 4.69) is 10.1 Å². The molecule has 1 saturated heterocycles. The average Bonchev–Trinajstić information content (AvgIpc) is 2.19. The SMILES string of the molecule is COC(=O)CCNC1CCOCC1. The molecule has 1 N–H and O–H groups in total. The van der Waals surface area contributed by atoms with Crippen LogP contribution in [0.3, 0.4) is 0 Å². The molecule has 0 radical (unpaired) electrons. The topological polar surface area (TPSA) is 47.6 Å². The minimum Gasteiger partial charge on any atom is -0.469 e. The molecule has 0 aromatic rings. The van der Waals surface area contributed by atoms with Crippen molar-refractivity contribution in [1.82, 2.24) is 5.32 Å². The van der Waals surface area contributed by atoms with Gasteiger partial charge in [-0.05, 0) is 12.8 Å². The number of ether oxygens (including phenoxy) is 2. The monoisotopic (exact) mass is 187 g/mol. The van der Waals surface area contributed by atoms with Crippen molar-refractivity contribution in [1.29, 1.82) is 0 Å². The normalized spacial score (nSPS) is 18.5. The summed E-state index contributed by atoms with van der Waals surface area (Å²) in [5, 5.41) is 3.31. The van der Waals surface area contributed by atoms with Gasteiger partial charge in [-0.1, -0.05) is 0 Å². The molecule has 0 unspecified atom stereocenters. The number of carbonyl (C=O) groups excluding carboxylic acids is 1. The second-order valence-corrected chi connectivity index (χ2v) is 3.17. The molecule has 1 aliphatic heterocycles. The fraction of sp³-hybridized carbons (Fsp3) is 0.889. The van der Waals surface area contributed by atoms with Crippen molar-refractivity contribution in [2.75, 3.05) is 26.9 Å². The minimum absolute atomic E-state index is 0.153. The first-order chi connectivity index (χ1) is 6.33. The van der Waals surface area contributed by atoms with Gasteiger partial charge in [0, 0.05) is 25.8 Å². The number of methoxy groups -OCH3 is 1. The second kappa shape index (κ2) is 5.94. The van der Waals surface area contributed by atoms with E-state index in [4.69, 9.17) is 4.74 Å². The van der Waals surface area contributed by atoms with Crippen molar-refractivity contribution < 1.29 is 14.3 Å². The highest BCUT2D eigenvalue weighted by molar-refractivity contribution is 5.69. The highest BCUT2D eigenvalue weighted by Crippen LogP contribution is 2.05. The molecule has 0 atom stereocenters. The summed E-state index contributed by atoms with van der Waals surface area (Å²) in [6.45, 7) is 2.36. The van der Waals surface area contributed by atoms with Crippen LogP contribution in [0.1, 0.15) is 19.3 Å². The predicted molar refractivity (Wildman–Crippen MR) is 48.5 cm³/mol. The first kappa shape index (κ1) is 10.5. The van der Waals surface area contributed by atoms with Crippen LogP contribution in [0.25, 0.3) is 0 Å². The van der Waals surface area contributed by atoms with Gasteiger partial charge in [-0.3, -0.25) is 4.79 Å². The highest BCUT2D eigenvalue weighted by Gasteiger charge is 2.12. The van der Waals surface area contributed by atoms with Crippen LogP contribution in [0, 0.1) is 0 Å². The Labute approximate surface area is 78.6 Å². The van der Waals surface area contributed by atoms with Crippen LogP contribution in [0.2, 0.25) is 0 Å². The fourth-order valence-electron chi connectivity index (χ4n) is 1.38. The predicted octanol–water partition coefficient (Wildman–Crippen LogP) is 0.318. The first-order valence-electron chi connectivity index (χ1n) is 4.71. The molecule has 0 aliphatic carbocycles. The van der Waals surface area contributed by atoms with E-state index < -0.39 is 0 Å². The van der Waals surface area contributed by atoms with Crippen LogP contribution in [0.5, 0.6) is 0 Å². The summed E-state index contributed by atoms with van der Waals surface area (Å²) in [4.78, 5) is 10.8. The molecular weight excluding hydrogens is 170 g/mol. The minimum atomic E-state index is -0.153. The molecule has 0 aromatic carbocycles. The summed E-state index contributed by atoms with van der Waals surface area (Å²) < 4.78 is 9.75. The van der Waals surface area contributed by atoms with Crippen molar-refractivity contribution in [3.63, 3.8) is 0 Å². The number of hydrogen-bond donors (Lipinski definition) is 1. The molecule has 0 saturated carbocycles. The first-order valence-corrected chi connectivity index (χ1v) is 4.71. The highest BCUT2D eigenvalue weighted by atomic mass is 16.5. The Bertz CT molecular complexity index is 155. The van der Waals surface area contributed by atoms with Crippen LogP contribution in [-0.2, 0) is 14.3 Å². The third-order valence-corrected chi connectivity index (χ3v) is 2.21. The number of nitrogens with one attached hydrogen (secondary N) is 1. The zero-order valence-corrected chi connectivity index (χ0v) is 8.04.